The number of benzene rings is 1. The van der Waals surface area contributed by atoms with Crippen molar-refractivity contribution in [2.45, 2.75) is 58.2 Å². The second kappa shape index (κ2) is 8.70. The van der Waals surface area contributed by atoms with Gasteiger partial charge in [-0.05, 0) is 35.8 Å². The molecule has 1 aliphatic rings. The van der Waals surface area contributed by atoms with E-state index in [4.69, 9.17) is 13.9 Å². The SMILES string of the molecule is CCCO[Si](CCC)(CCC)c1ccc(OCC2CO2)cc1. The first kappa shape index (κ1) is 17.5. The number of epoxide rings is 1. The smallest absolute Gasteiger partial charge is 0.224 e. The Kier molecular flexibility index (Phi) is 6.93. The van der Waals surface area contributed by atoms with Gasteiger partial charge >= 0.3 is 0 Å². The average molecular weight is 323 g/mol. The molecule has 124 valence electrons. The normalized spacial score (nSPS) is 17.5. The first-order valence-corrected chi connectivity index (χ1v) is 11.0. The van der Waals surface area contributed by atoms with Crippen LogP contribution in [0.5, 0.6) is 5.75 Å². The molecular formula is C18H30O3Si. The highest BCUT2D eigenvalue weighted by Gasteiger charge is 2.35. The van der Waals surface area contributed by atoms with Crippen molar-refractivity contribution >= 4 is 13.5 Å². The molecule has 0 N–H and O–H groups in total. The summed E-state index contributed by atoms with van der Waals surface area (Å²) >= 11 is 0. The summed E-state index contributed by atoms with van der Waals surface area (Å²) in [5.74, 6) is 0.936. The van der Waals surface area contributed by atoms with E-state index in [-0.39, 0.29) is 0 Å². The van der Waals surface area contributed by atoms with E-state index < -0.39 is 8.32 Å². The van der Waals surface area contributed by atoms with Gasteiger partial charge in [-0.25, -0.2) is 0 Å². The minimum Gasteiger partial charge on any atom is -0.491 e. The summed E-state index contributed by atoms with van der Waals surface area (Å²) in [5.41, 5.74) is 0. The Morgan fingerprint density at radius 1 is 1.05 bits per heavy atom. The zero-order chi connectivity index (χ0) is 15.8. The lowest BCUT2D eigenvalue weighted by Gasteiger charge is -2.31. The summed E-state index contributed by atoms with van der Waals surface area (Å²) in [4.78, 5) is 0. The lowest BCUT2D eigenvalue weighted by molar-refractivity contribution is 0.263. The van der Waals surface area contributed by atoms with Crippen LogP contribution >= 0.6 is 0 Å². The molecule has 0 aliphatic carbocycles. The van der Waals surface area contributed by atoms with Crippen LogP contribution in [0.3, 0.4) is 0 Å². The average Bonchev–Trinajstić information content (AvgIpc) is 3.36. The van der Waals surface area contributed by atoms with Gasteiger partial charge in [0.1, 0.15) is 18.5 Å². The van der Waals surface area contributed by atoms with Crippen molar-refractivity contribution < 1.29 is 13.9 Å². The maximum atomic E-state index is 6.47. The Hall–Kier alpha value is -0.843. The minimum atomic E-state index is -1.83. The predicted octanol–water partition coefficient (Wildman–Crippen LogP) is 3.86. The van der Waals surface area contributed by atoms with Gasteiger partial charge in [0.25, 0.3) is 0 Å². The van der Waals surface area contributed by atoms with Crippen molar-refractivity contribution in [1.82, 2.24) is 0 Å². The van der Waals surface area contributed by atoms with Crippen LogP contribution in [0.15, 0.2) is 24.3 Å². The molecule has 0 radical (unpaired) electrons. The third kappa shape index (κ3) is 4.83. The van der Waals surface area contributed by atoms with E-state index in [2.05, 4.69) is 45.0 Å². The molecule has 1 atom stereocenters. The second-order valence-corrected chi connectivity index (χ2v) is 9.99. The van der Waals surface area contributed by atoms with Crippen molar-refractivity contribution in [3.05, 3.63) is 24.3 Å². The number of rotatable bonds is 11. The molecule has 0 bridgehead atoms. The summed E-state index contributed by atoms with van der Waals surface area (Å²) in [6.45, 7) is 9.10. The van der Waals surface area contributed by atoms with Crippen molar-refractivity contribution in [1.29, 1.82) is 0 Å². The van der Waals surface area contributed by atoms with E-state index in [9.17, 15) is 0 Å². The van der Waals surface area contributed by atoms with Crippen LogP contribution in [-0.2, 0) is 9.16 Å². The van der Waals surface area contributed by atoms with Crippen LogP contribution in [0.4, 0.5) is 0 Å². The molecule has 1 saturated heterocycles. The second-order valence-electron chi connectivity index (χ2n) is 6.13. The lowest BCUT2D eigenvalue weighted by Crippen LogP contribution is -2.50. The van der Waals surface area contributed by atoms with Gasteiger partial charge in [-0.3, -0.25) is 0 Å². The fourth-order valence-electron chi connectivity index (χ4n) is 2.95. The molecule has 0 saturated carbocycles. The zero-order valence-corrected chi connectivity index (χ0v) is 15.3. The molecule has 1 aromatic rings. The molecule has 0 amide bonds. The van der Waals surface area contributed by atoms with Crippen molar-refractivity contribution in [2.24, 2.45) is 0 Å². The van der Waals surface area contributed by atoms with Crippen LogP contribution in [0.1, 0.15) is 40.0 Å². The van der Waals surface area contributed by atoms with E-state index >= 15 is 0 Å². The molecule has 1 unspecified atom stereocenters. The van der Waals surface area contributed by atoms with E-state index in [1.54, 1.807) is 0 Å². The van der Waals surface area contributed by atoms with Crippen molar-refractivity contribution in [2.75, 3.05) is 19.8 Å². The van der Waals surface area contributed by atoms with Crippen LogP contribution in [0.2, 0.25) is 12.1 Å². The third-order valence-corrected chi connectivity index (χ3v) is 8.87. The third-order valence-electron chi connectivity index (χ3n) is 4.11. The van der Waals surface area contributed by atoms with E-state index in [1.807, 2.05) is 0 Å². The van der Waals surface area contributed by atoms with Crippen LogP contribution in [0.25, 0.3) is 0 Å². The topological polar surface area (TPSA) is 31.0 Å². The summed E-state index contributed by atoms with van der Waals surface area (Å²) in [6.07, 6.45) is 3.77. The highest BCUT2D eigenvalue weighted by Crippen LogP contribution is 2.23. The maximum Gasteiger partial charge on any atom is 0.224 e. The van der Waals surface area contributed by atoms with Crippen LogP contribution in [-0.4, -0.2) is 34.2 Å². The van der Waals surface area contributed by atoms with Crippen LogP contribution in [0, 0.1) is 0 Å². The number of hydrogen-bond acceptors (Lipinski definition) is 3. The predicted molar refractivity (Wildman–Crippen MR) is 93.5 cm³/mol. The largest absolute Gasteiger partial charge is 0.491 e. The van der Waals surface area contributed by atoms with Gasteiger partial charge in [0, 0.05) is 6.61 Å². The first-order chi connectivity index (χ1) is 10.7. The van der Waals surface area contributed by atoms with Crippen molar-refractivity contribution in [3.8, 4) is 5.75 Å². The van der Waals surface area contributed by atoms with Gasteiger partial charge in [0.15, 0.2) is 0 Å². The fraction of sp³-hybridized carbons (Fsp3) is 0.667. The maximum absolute atomic E-state index is 6.47. The van der Waals surface area contributed by atoms with Gasteiger partial charge in [-0.1, -0.05) is 45.7 Å². The lowest BCUT2D eigenvalue weighted by atomic mass is 10.3. The van der Waals surface area contributed by atoms with Gasteiger partial charge in [0.05, 0.1) is 6.61 Å². The standard InChI is InChI=1S/C18H30O3Si/c1-4-11-21-22(12-5-2,13-6-3)18-9-7-16(8-10-18)19-14-17-15-20-17/h7-10,17H,4-6,11-15H2,1-3H3. The molecular weight excluding hydrogens is 292 g/mol. The molecule has 3 nitrogen and oxygen atoms in total. The van der Waals surface area contributed by atoms with Gasteiger partial charge < -0.3 is 13.9 Å². The Balaban J connectivity index is 2.09. The van der Waals surface area contributed by atoms with Crippen molar-refractivity contribution in [3.63, 3.8) is 0 Å². The minimum absolute atomic E-state index is 0.307. The quantitative estimate of drug-likeness (QED) is 0.458. The molecule has 1 heterocycles. The molecule has 1 aromatic carbocycles. The Bertz CT molecular complexity index is 422. The highest BCUT2D eigenvalue weighted by molar-refractivity contribution is 6.86. The first-order valence-electron chi connectivity index (χ1n) is 8.73. The van der Waals surface area contributed by atoms with E-state index in [1.165, 1.54) is 30.1 Å². The van der Waals surface area contributed by atoms with E-state index in [0.717, 1.165) is 25.4 Å². The monoisotopic (exact) mass is 322 g/mol. The summed E-state index contributed by atoms with van der Waals surface area (Å²) in [5, 5.41) is 1.42. The molecule has 1 fully saturated rings. The number of ether oxygens (including phenoxy) is 2. The molecule has 22 heavy (non-hydrogen) atoms. The van der Waals surface area contributed by atoms with E-state index in [0.29, 0.717) is 12.7 Å². The zero-order valence-electron chi connectivity index (χ0n) is 14.3. The highest BCUT2D eigenvalue weighted by atomic mass is 28.4. The summed E-state index contributed by atoms with van der Waals surface area (Å²) < 4.78 is 17.4. The molecule has 2 rings (SSSR count). The Labute approximate surface area is 136 Å². The van der Waals surface area contributed by atoms with Gasteiger partial charge in [-0.15, -0.1) is 0 Å². The fourth-order valence-corrected chi connectivity index (χ4v) is 7.22. The summed E-state index contributed by atoms with van der Waals surface area (Å²) in [7, 11) is -1.83. The molecule has 0 aromatic heterocycles. The molecule has 0 spiro atoms. The number of hydrogen-bond donors (Lipinski definition) is 0. The molecule has 1 aliphatic heterocycles. The van der Waals surface area contributed by atoms with Crippen LogP contribution < -0.4 is 9.92 Å². The Morgan fingerprint density at radius 2 is 1.68 bits per heavy atom. The van der Waals surface area contributed by atoms with Gasteiger partial charge in [-0.2, -0.15) is 0 Å². The van der Waals surface area contributed by atoms with Gasteiger partial charge in [0.2, 0.25) is 8.32 Å². The molecule has 4 heteroatoms. The summed E-state index contributed by atoms with van der Waals surface area (Å²) in [6, 6.07) is 11.1. The Morgan fingerprint density at radius 3 is 2.18 bits per heavy atom.